The van der Waals surface area contributed by atoms with E-state index in [-0.39, 0.29) is 12.8 Å². The first-order valence-corrected chi connectivity index (χ1v) is 10.0. The molecule has 9 nitrogen and oxygen atoms in total. The molecule has 2 unspecified atom stereocenters. The molecule has 0 saturated carbocycles. The third kappa shape index (κ3) is 3.72. The van der Waals surface area contributed by atoms with Gasteiger partial charge in [-0.1, -0.05) is 13.8 Å². The first-order valence-electron chi connectivity index (χ1n) is 10.0. The van der Waals surface area contributed by atoms with Gasteiger partial charge in [0.25, 0.3) is 0 Å². The lowest BCUT2D eigenvalue weighted by Gasteiger charge is -2.36. The van der Waals surface area contributed by atoms with Gasteiger partial charge in [0.15, 0.2) is 0 Å². The van der Waals surface area contributed by atoms with Crippen molar-refractivity contribution in [1.82, 2.24) is 5.32 Å². The molecule has 1 N–H and O–H groups in total. The second kappa shape index (κ2) is 8.69. The third-order valence-corrected chi connectivity index (χ3v) is 6.15. The van der Waals surface area contributed by atoms with Crippen LogP contribution in [0.3, 0.4) is 0 Å². The molecular weight excluding hydrogens is 382 g/mol. The van der Waals surface area contributed by atoms with Crippen LogP contribution in [0.15, 0.2) is 0 Å². The van der Waals surface area contributed by atoms with E-state index < -0.39 is 59.0 Å². The van der Waals surface area contributed by atoms with Gasteiger partial charge in [-0.2, -0.15) is 0 Å². The molecule has 2 fully saturated rings. The molecule has 2 rings (SSSR count). The van der Waals surface area contributed by atoms with Crippen molar-refractivity contribution in [3.8, 4) is 0 Å². The van der Waals surface area contributed by atoms with Crippen LogP contribution in [-0.4, -0.2) is 61.4 Å². The molecule has 2 aliphatic rings. The minimum atomic E-state index is -1.56. The van der Waals surface area contributed by atoms with Gasteiger partial charge in [-0.15, -0.1) is 0 Å². The van der Waals surface area contributed by atoms with Gasteiger partial charge in [0.05, 0.1) is 26.4 Å². The van der Waals surface area contributed by atoms with Crippen molar-refractivity contribution in [3.05, 3.63) is 0 Å². The molecule has 29 heavy (non-hydrogen) atoms. The largest absolute Gasteiger partial charge is 0.468 e. The number of ether oxygens (including phenoxy) is 4. The number of nitrogens with one attached hydrogen (secondary N) is 1. The summed E-state index contributed by atoms with van der Waals surface area (Å²) in [7, 11) is 2.39. The Morgan fingerprint density at radius 1 is 0.828 bits per heavy atom. The van der Waals surface area contributed by atoms with Gasteiger partial charge in [-0.05, 0) is 39.5 Å². The lowest BCUT2D eigenvalue weighted by atomic mass is 9.66. The summed E-state index contributed by atoms with van der Waals surface area (Å²) in [6.45, 7) is 7.12. The molecule has 0 aromatic carbocycles. The lowest BCUT2D eigenvalue weighted by Crippen LogP contribution is -2.55. The molecule has 0 aromatic rings. The predicted octanol–water partition coefficient (Wildman–Crippen LogP) is 1.12. The maximum atomic E-state index is 13.1. The Labute approximate surface area is 170 Å². The van der Waals surface area contributed by atoms with Crippen LogP contribution in [0.2, 0.25) is 0 Å². The van der Waals surface area contributed by atoms with Gasteiger partial charge in [0, 0.05) is 0 Å². The van der Waals surface area contributed by atoms with E-state index in [4.69, 9.17) is 18.9 Å². The molecule has 164 valence electrons. The van der Waals surface area contributed by atoms with Gasteiger partial charge < -0.3 is 18.9 Å². The number of rotatable bonds is 8. The summed E-state index contributed by atoms with van der Waals surface area (Å²) in [5.74, 6) is -5.48. The number of carbonyl (C=O) groups excluding carboxylic acids is 4. The fourth-order valence-corrected chi connectivity index (χ4v) is 4.26. The summed E-state index contributed by atoms with van der Waals surface area (Å²) in [5.41, 5.74) is -3.13. The summed E-state index contributed by atoms with van der Waals surface area (Å²) < 4.78 is 20.8. The van der Waals surface area contributed by atoms with Crippen LogP contribution in [-0.2, 0) is 38.1 Å². The second-order valence-corrected chi connectivity index (χ2v) is 7.82. The van der Waals surface area contributed by atoms with E-state index in [1.807, 2.05) is 13.8 Å². The normalized spacial score (nSPS) is 32.2. The van der Waals surface area contributed by atoms with Gasteiger partial charge in [0.1, 0.15) is 22.9 Å². The Morgan fingerprint density at radius 3 is 1.45 bits per heavy atom. The van der Waals surface area contributed by atoms with Crippen molar-refractivity contribution >= 4 is 23.9 Å². The minimum absolute atomic E-state index is 0.127. The Balaban J connectivity index is 2.58. The molecule has 6 atom stereocenters. The quantitative estimate of drug-likeness (QED) is 0.461. The van der Waals surface area contributed by atoms with E-state index in [9.17, 15) is 19.2 Å². The summed E-state index contributed by atoms with van der Waals surface area (Å²) in [5, 5.41) is 2.95. The van der Waals surface area contributed by atoms with E-state index in [1.165, 1.54) is 14.2 Å². The SMILES string of the molecule is CCC(C)OC(=O)[C@@H]1[C@H](C(=O)OC(C)CC)[C@@]2(C(=O)OC)CC[C@]1(C(=O)OC)N2. The number of carbonyl (C=O) groups is 4. The minimum Gasteiger partial charge on any atom is -0.468 e. The maximum absolute atomic E-state index is 13.1. The van der Waals surface area contributed by atoms with Crippen molar-refractivity contribution < 1.29 is 38.1 Å². The summed E-state index contributed by atoms with van der Waals surface area (Å²) in [6, 6.07) is 0. The average Bonchev–Trinajstić information content (AvgIpc) is 3.26. The Kier molecular flexibility index (Phi) is 6.93. The van der Waals surface area contributed by atoms with Crippen LogP contribution in [0.4, 0.5) is 0 Å². The summed E-state index contributed by atoms with van der Waals surface area (Å²) in [4.78, 5) is 51.8. The third-order valence-electron chi connectivity index (χ3n) is 6.15. The van der Waals surface area contributed by atoms with Crippen LogP contribution < -0.4 is 5.32 Å². The van der Waals surface area contributed by atoms with Crippen LogP contribution in [0.25, 0.3) is 0 Å². The zero-order valence-electron chi connectivity index (χ0n) is 17.9. The standard InChI is InChI=1S/C20H31NO8/c1-7-11(3)28-15(22)13-14(16(23)29-12(4)8-2)20(18(25)27-6)10-9-19(13,21-20)17(24)26-5/h11-14,21H,7-10H2,1-6H3/t11?,12?,13-,14+,19-,20+. The highest BCUT2D eigenvalue weighted by atomic mass is 16.6. The van der Waals surface area contributed by atoms with Crippen LogP contribution in [0.1, 0.15) is 53.4 Å². The van der Waals surface area contributed by atoms with Crippen molar-refractivity contribution in [2.45, 2.75) is 76.7 Å². The van der Waals surface area contributed by atoms with Gasteiger partial charge in [-0.25, -0.2) is 0 Å². The van der Waals surface area contributed by atoms with Crippen molar-refractivity contribution in [2.24, 2.45) is 11.8 Å². The zero-order valence-corrected chi connectivity index (χ0v) is 17.9. The Hall–Kier alpha value is -2.16. The van der Waals surface area contributed by atoms with Gasteiger partial charge in [-0.3, -0.25) is 24.5 Å². The van der Waals surface area contributed by atoms with E-state index in [0.29, 0.717) is 12.8 Å². The second-order valence-electron chi connectivity index (χ2n) is 7.82. The van der Waals surface area contributed by atoms with Crippen LogP contribution in [0, 0.1) is 11.8 Å². The van der Waals surface area contributed by atoms with E-state index in [1.54, 1.807) is 13.8 Å². The molecule has 0 aromatic heterocycles. The first kappa shape index (κ1) is 23.1. The molecule has 0 aliphatic carbocycles. The number of methoxy groups -OCH3 is 2. The number of esters is 4. The molecule has 2 bridgehead atoms. The molecule has 9 heteroatoms. The highest BCUT2D eigenvalue weighted by Gasteiger charge is 2.77. The summed E-state index contributed by atoms with van der Waals surface area (Å²) in [6.07, 6.45) is 0.528. The van der Waals surface area contributed by atoms with Crippen molar-refractivity contribution in [1.29, 1.82) is 0 Å². The van der Waals surface area contributed by atoms with Crippen LogP contribution in [0.5, 0.6) is 0 Å². The molecule has 0 radical (unpaired) electrons. The highest BCUT2D eigenvalue weighted by molar-refractivity contribution is 6.01. The average molecular weight is 413 g/mol. The van der Waals surface area contributed by atoms with E-state index in [2.05, 4.69) is 5.32 Å². The Bertz CT molecular complexity index is 623. The highest BCUT2D eigenvalue weighted by Crippen LogP contribution is 2.54. The molecular formula is C20H31NO8. The first-order chi connectivity index (χ1) is 13.6. The Morgan fingerprint density at radius 2 is 1.17 bits per heavy atom. The summed E-state index contributed by atoms with van der Waals surface area (Å²) >= 11 is 0. The van der Waals surface area contributed by atoms with E-state index in [0.717, 1.165) is 0 Å². The smallest absolute Gasteiger partial charge is 0.327 e. The van der Waals surface area contributed by atoms with Gasteiger partial charge >= 0.3 is 23.9 Å². The fraction of sp³-hybridized carbons (Fsp3) is 0.800. The molecule has 2 aliphatic heterocycles. The fourth-order valence-electron chi connectivity index (χ4n) is 4.26. The maximum Gasteiger partial charge on any atom is 0.327 e. The topological polar surface area (TPSA) is 117 Å². The van der Waals surface area contributed by atoms with E-state index >= 15 is 0 Å². The monoisotopic (exact) mass is 413 g/mol. The predicted molar refractivity (Wildman–Crippen MR) is 101 cm³/mol. The van der Waals surface area contributed by atoms with Crippen molar-refractivity contribution in [3.63, 3.8) is 0 Å². The molecule has 2 saturated heterocycles. The number of hydrogen-bond donors (Lipinski definition) is 1. The van der Waals surface area contributed by atoms with Crippen LogP contribution >= 0.6 is 0 Å². The molecule has 2 heterocycles. The number of fused-ring (bicyclic) bond motifs is 2. The zero-order chi connectivity index (χ0) is 22.0. The molecule has 0 amide bonds. The number of hydrogen-bond acceptors (Lipinski definition) is 9. The van der Waals surface area contributed by atoms with Gasteiger partial charge in [0.2, 0.25) is 0 Å². The lowest BCUT2D eigenvalue weighted by molar-refractivity contribution is -0.176. The van der Waals surface area contributed by atoms with Crippen molar-refractivity contribution in [2.75, 3.05) is 14.2 Å². The molecule has 0 spiro atoms.